The van der Waals surface area contributed by atoms with Gasteiger partial charge in [-0.15, -0.1) is 0 Å². The van der Waals surface area contributed by atoms with Crippen molar-refractivity contribution in [3.05, 3.63) is 29.3 Å². The van der Waals surface area contributed by atoms with Gasteiger partial charge in [0, 0.05) is 12.1 Å². The molecule has 1 aliphatic rings. The zero-order chi connectivity index (χ0) is 14.5. The molecular formula is C14H17NO5. The summed E-state index contributed by atoms with van der Waals surface area (Å²) >= 11 is 0. The Kier molecular flexibility index (Phi) is 4.45. The molecule has 0 bridgehead atoms. The van der Waals surface area contributed by atoms with Crippen LogP contribution in [-0.4, -0.2) is 32.9 Å². The third-order valence-electron chi connectivity index (χ3n) is 3.22. The maximum Gasteiger partial charge on any atom is 0.407 e. The predicted octanol–water partition coefficient (Wildman–Crippen LogP) is 1.58. The highest BCUT2D eigenvalue weighted by Crippen LogP contribution is 2.35. The fourth-order valence-electron chi connectivity index (χ4n) is 2.19. The molecule has 1 unspecified atom stereocenters. The maximum atomic E-state index is 11.8. The third-order valence-corrected chi connectivity index (χ3v) is 3.22. The molecule has 108 valence electrons. The molecule has 2 rings (SSSR count). The Bertz CT molecular complexity index is 514. The molecule has 20 heavy (non-hydrogen) atoms. The number of methoxy groups -OCH3 is 2. The van der Waals surface area contributed by atoms with Crippen molar-refractivity contribution in [3.63, 3.8) is 0 Å². The van der Waals surface area contributed by atoms with Crippen molar-refractivity contribution >= 4 is 12.1 Å². The molecule has 1 N–H and O–H groups in total. The molecule has 6 heteroatoms. The Morgan fingerprint density at radius 3 is 2.85 bits per heavy atom. The highest BCUT2D eigenvalue weighted by molar-refractivity contribution is 5.79. The summed E-state index contributed by atoms with van der Waals surface area (Å²) in [5.41, 5.74) is 1.67. The Hall–Kier alpha value is -2.24. The minimum Gasteiger partial charge on any atom is -0.493 e. The highest BCUT2D eigenvalue weighted by Gasteiger charge is 2.28. The van der Waals surface area contributed by atoms with Crippen LogP contribution < -0.4 is 10.1 Å². The molecule has 0 radical (unpaired) electrons. The minimum atomic E-state index is -0.497. The highest BCUT2D eigenvalue weighted by atomic mass is 16.5. The molecule has 0 saturated carbocycles. The number of nitrogens with one attached hydrogen (secondary N) is 1. The Morgan fingerprint density at radius 2 is 2.15 bits per heavy atom. The summed E-state index contributed by atoms with van der Waals surface area (Å²) in [4.78, 5) is 22.8. The smallest absolute Gasteiger partial charge is 0.407 e. The van der Waals surface area contributed by atoms with Crippen LogP contribution in [0.25, 0.3) is 0 Å². The van der Waals surface area contributed by atoms with Gasteiger partial charge < -0.3 is 19.5 Å². The second-order valence-corrected chi connectivity index (χ2v) is 4.43. The lowest BCUT2D eigenvalue weighted by Crippen LogP contribution is -2.24. The summed E-state index contributed by atoms with van der Waals surface area (Å²) < 4.78 is 14.9. The van der Waals surface area contributed by atoms with Crippen molar-refractivity contribution in [3.8, 4) is 5.75 Å². The van der Waals surface area contributed by atoms with Gasteiger partial charge in [0.1, 0.15) is 5.75 Å². The maximum absolute atomic E-state index is 11.8. The van der Waals surface area contributed by atoms with Crippen LogP contribution in [-0.2, 0) is 20.8 Å². The minimum absolute atomic E-state index is 0.271. The van der Waals surface area contributed by atoms with Crippen LogP contribution in [0.5, 0.6) is 5.75 Å². The largest absolute Gasteiger partial charge is 0.493 e. The molecule has 1 amide bonds. The molecule has 0 aromatic heterocycles. The standard InChI is InChI=1S/C14H17NO5/c1-18-13(16)10-5-6-20-12-4-3-9(7-11(10)12)8-15-14(17)19-2/h3-4,7,10H,5-6,8H2,1-2H3,(H,15,17). The number of hydrogen-bond acceptors (Lipinski definition) is 5. The fourth-order valence-corrected chi connectivity index (χ4v) is 2.19. The molecule has 0 fully saturated rings. The molecule has 1 aromatic rings. The second kappa shape index (κ2) is 6.27. The normalized spacial score (nSPS) is 16.6. The van der Waals surface area contributed by atoms with Crippen LogP contribution in [0.3, 0.4) is 0 Å². The van der Waals surface area contributed by atoms with E-state index >= 15 is 0 Å². The Labute approximate surface area is 117 Å². The van der Waals surface area contributed by atoms with Gasteiger partial charge in [-0.2, -0.15) is 0 Å². The van der Waals surface area contributed by atoms with E-state index in [0.717, 1.165) is 11.1 Å². The van der Waals surface area contributed by atoms with Gasteiger partial charge in [-0.3, -0.25) is 4.79 Å². The summed E-state index contributed by atoms with van der Waals surface area (Å²) in [5.74, 6) is 0.0999. The van der Waals surface area contributed by atoms with Crippen LogP contribution in [0.15, 0.2) is 18.2 Å². The van der Waals surface area contributed by atoms with E-state index in [9.17, 15) is 9.59 Å². The molecule has 0 saturated heterocycles. The Balaban J connectivity index is 2.19. The van der Waals surface area contributed by atoms with E-state index in [2.05, 4.69) is 10.1 Å². The number of rotatable bonds is 3. The summed E-state index contributed by atoms with van der Waals surface area (Å²) in [6.07, 6.45) is 0.0941. The van der Waals surface area contributed by atoms with Crippen molar-refractivity contribution in [2.75, 3.05) is 20.8 Å². The summed E-state index contributed by atoms with van der Waals surface area (Å²) in [6, 6.07) is 5.50. The molecular weight excluding hydrogens is 262 g/mol. The molecule has 0 aliphatic carbocycles. The molecule has 6 nitrogen and oxygen atoms in total. The Morgan fingerprint density at radius 1 is 1.35 bits per heavy atom. The van der Waals surface area contributed by atoms with E-state index in [1.54, 1.807) is 6.07 Å². The van der Waals surface area contributed by atoms with Gasteiger partial charge in [0.25, 0.3) is 0 Å². The van der Waals surface area contributed by atoms with Crippen LogP contribution in [0.4, 0.5) is 4.79 Å². The SMILES string of the molecule is COC(=O)NCc1ccc2c(c1)C(C(=O)OC)CCO2. The first-order chi connectivity index (χ1) is 9.65. The molecule has 1 heterocycles. The van der Waals surface area contributed by atoms with E-state index in [0.29, 0.717) is 25.3 Å². The van der Waals surface area contributed by atoms with Gasteiger partial charge in [-0.25, -0.2) is 4.79 Å². The first-order valence-electron chi connectivity index (χ1n) is 6.31. The fraction of sp³-hybridized carbons (Fsp3) is 0.429. The third kappa shape index (κ3) is 3.01. The first kappa shape index (κ1) is 14.2. The molecule has 1 aromatic carbocycles. The number of carbonyl (C=O) groups is 2. The van der Waals surface area contributed by atoms with Gasteiger partial charge in [0.05, 0.1) is 26.7 Å². The van der Waals surface area contributed by atoms with E-state index in [1.807, 2.05) is 12.1 Å². The molecule has 1 atom stereocenters. The number of fused-ring (bicyclic) bond motifs is 1. The average molecular weight is 279 g/mol. The summed E-state index contributed by atoms with van der Waals surface area (Å²) in [7, 11) is 2.68. The van der Waals surface area contributed by atoms with Crippen molar-refractivity contribution in [2.24, 2.45) is 0 Å². The van der Waals surface area contributed by atoms with E-state index < -0.39 is 6.09 Å². The number of esters is 1. The number of alkyl carbamates (subject to hydrolysis) is 1. The van der Waals surface area contributed by atoms with Crippen molar-refractivity contribution in [2.45, 2.75) is 18.9 Å². The van der Waals surface area contributed by atoms with E-state index in [-0.39, 0.29) is 11.9 Å². The van der Waals surface area contributed by atoms with Crippen LogP contribution in [0.1, 0.15) is 23.5 Å². The number of hydrogen-bond donors (Lipinski definition) is 1. The molecule has 1 aliphatic heterocycles. The number of benzene rings is 1. The lowest BCUT2D eigenvalue weighted by Gasteiger charge is -2.24. The van der Waals surface area contributed by atoms with Gasteiger partial charge in [-0.1, -0.05) is 6.07 Å². The van der Waals surface area contributed by atoms with Crippen LogP contribution in [0.2, 0.25) is 0 Å². The van der Waals surface area contributed by atoms with Crippen LogP contribution in [0, 0.1) is 0 Å². The number of ether oxygens (including phenoxy) is 3. The second-order valence-electron chi connectivity index (χ2n) is 4.43. The summed E-state index contributed by atoms with van der Waals surface area (Å²) in [6.45, 7) is 0.820. The van der Waals surface area contributed by atoms with Crippen molar-refractivity contribution in [1.29, 1.82) is 0 Å². The zero-order valence-electron chi connectivity index (χ0n) is 11.5. The zero-order valence-corrected chi connectivity index (χ0v) is 11.5. The van der Waals surface area contributed by atoms with E-state index in [1.165, 1.54) is 14.2 Å². The van der Waals surface area contributed by atoms with Gasteiger partial charge in [-0.05, 0) is 24.1 Å². The quantitative estimate of drug-likeness (QED) is 0.850. The lowest BCUT2D eigenvalue weighted by atomic mass is 9.92. The lowest BCUT2D eigenvalue weighted by molar-refractivity contribution is -0.143. The molecule has 0 spiro atoms. The van der Waals surface area contributed by atoms with Gasteiger partial charge in [0.2, 0.25) is 0 Å². The first-order valence-corrected chi connectivity index (χ1v) is 6.31. The average Bonchev–Trinajstić information content (AvgIpc) is 2.50. The monoisotopic (exact) mass is 279 g/mol. The summed E-state index contributed by atoms with van der Waals surface area (Å²) in [5, 5.41) is 2.60. The van der Waals surface area contributed by atoms with Gasteiger partial charge in [0.15, 0.2) is 0 Å². The topological polar surface area (TPSA) is 73.9 Å². The van der Waals surface area contributed by atoms with Crippen LogP contribution >= 0.6 is 0 Å². The van der Waals surface area contributed by atoms with Crippen molar-refractivity contribution < 1.29 is 23.8 Å². The number of carbonyl (C=O) groups excluding carboxylic acids is 2. The predicted molar refractivity (Wildman–Crippen MR) is 70.6 cm³/mol. The van der Waals surface area contributed by atoms with Gasteiger partial charge >= 0.3 is 12.1 Å². The number of amides is 1. The van der Waals surface area contributed by atoms with Crippen molar-refractivity contribution in [1.82, 2.24) is 5.32 Å². The van der Waals surface area contributed by atoms with E-state index in [4.69, 9.17) is 9.47 Å².